The molecule has 1 amide bonds. The van der Waals surface area contributed by atoms with Gasteiger partial charge in [0.15, 0.2) is 5.17 Å². The third kappa shape index (κ3) is 4.67. The minimum Gasteiger partial charge on any atom is -0.465 e. The van der Waals surface area contributed by atoms with Gasteiger partial charge in [0.1, 0.15) is 0 Å². The first-order chi connectivity index (χ1) is 8.52. The average molecular weight is 267 g/mol. The van der Waals surface area contributed by atoms with Crippen molar-refractivity contribution in [1.29, 1.82) is 0 Å². The number of benzene rings is 1. The average Bonchev–Trinajstić information content (AvgIpc) is 2.29. The fourth-order valence-corrected chi connectivity index (χ4v) is 1.84. The molecule has 3 N–H and O–H groups in total. The molecular formula is C12H17N3O2S. The molecule has 98 valence electrons. The van der Waals surface area contributed by atoms with E-state index in [-0.39, 0.29) is 0 Å². The number of carbonyl (C=O) groups is 1. The molecule has 0 heterocycles. The monoisotopic (exact) mass is 267 g/mol. The predicted molar refractivity (Wildman–Crippen MR) is 75.3 cm³/mol. The van der Waals surface area contributed by atoms with E-state index in [1.165, 1.54) is 23.7 Å². The topological polar surface area (TPSA) is 78.9 Å². The highest BCUT2D eigenvalue weighted by molar-refractivity contribution is 8.13. The summed E-state index contributed by atoms with van der Waals surface area (Å²) < 4.78 is 0. The number of hydrogen-bond acceptors (Lipinski definition) is 3. The predicted octanol–water partition coefficient (Wildman–Crippen LogP) is 2.50. The van der Waals surface area contributed by atoms with Gasteiger partial charge in [0.25, 0.3) is 0 Å². The lowest BCUT2D eigenvalue weighted by atomic mass is 10.2. The summed E-state index contributed by atoms with van der Waals surface area (Å²) in [6, 6.07) is 7.38. The first kappa shape index (κ1) is 14.4. The Bertz CT molecular complexity index is 449. The van der Waals surface area contributed by atoms with Gasteiger partial charge in [-0.3, -0.25) is 0 Å². The van der Waals surface area contributed by atoms with Crippen LogP contribution in [0.25, 0.3) is 0 Å². The molecule has 0 aromatic heterocycles. The van der Waals surface area contributed by atoms with E-state index in [4.69, 9.17) is 10.8 Å². The Hall–Kier alpha value is -1.69. The number of nitrogens with two attached hydrogens (primary N) is 1. The molecule has 0 spiro atoms. The van der Waals surface area contributed by atoms with Crippen LogP contribution in [0.1, 0.15) is 12.5 Å². The summed E-state index contributed by atoms with van der Waals surface area (Å²) in [7, 11) is 1.53. The fraction of sp³-hybridized carbons (Fsp3) is 0.333. The molecule has 5 nitrogen and oxygen atoms in total. The van der Waals surface area contributed by atoms with Crippen LogP contribution in [-0.4, -0.2) is 34.1 Å². The number of carboxylic acid groups (broad SMARTS) is 1. The highest BCUT2D eigenvalue weighted by Gasteiger charge is 2.06. The second-order valence-corrected chi connectivity index (χ2v) is 4.98. The van der Waals surface area contributed by atoms with Crippen molar-refractivity contribution in [2.45, 2.75) is 13.5 Å². The van der Waals surface area contributed by atoms with Crippen molar-refractivity contribution >= 4 is 28.7 Å². The number of nitrogens with zero attached hydrogens (tertiary/aromatic N) is 2. The van der Waals surface area contributed by atoms with E-state index in [1.54, 1.807) is 0 Å². The molecule has 1 aromatic rings. The molecule has 1 rings (SSSR count). The summed E-state index contributed by atoms with van der Waals surface area (Å²) in [6.45, 7) is 2.34. The summed E-state index contributed by atoms with van der Waals surface area (Å²) >= 11 is 1.47. The Morgan fingerprint density at radius 2 is 2.28 bits per heavy atom. The smallest absolute Gasteiger partial charge is 0.407 e. The Morgan fingerprint density at radius 3 is 2.89 bits per heavy atom. The Balaban J connectivity index is 2.79. The largest absolute Gasteiger partial charge is 0.465 e. The Morgan fingerprint density at radius 1 is 1.56 bits per heavy atom. The highest BCUT2D eigenvalue weighted by atomic mass is 32.2. The van der Waals surface area contributed by atoms with Gasteiger partial charge in [-0.25, -0.2) is 9.79 Å². The second-order valence-electron chi connectivity index (χ2n) is 3.69. The molecule has 1 aromatic carbocycles. The van der Waals surface area contributed by atoms with Crippen LogP contribution < -0.4 is 5.73 Å². The van der Waals surface area contributed by atoms with Crippen LogP contribution in [0.5, 0.6) is 0 Å². The molecule has 0 saturated carbocycles. The third-order valence-corrected chi connectivity index (χ3v) is 2.86. The fourth-order valence-electron chi connectivity index (χ4n) is 1.37. The van der Waals surface area contributed by atoms with Gasteiger partial charge < -0.3 is 15.7 Å². The van der Waals surface area contributed by atoms with E-state index < -0.39 is 6.09 Å². The lowest BCUT2D eigenvalue weighted by molar-refractivity contribution is 0.154. The van der Waals surface area contributed by atoms with Crippen molar-refractivity contribution in [1.82, 2.24) is 4.90 Å². The summed E-state index contributed by atoms with van der Waals surface area (Å²) in [4.78, 5) is 16.2. The van der Waals surface area contributed by atoms with Crippen LogP contribution >= 0.6 is 11.8 Å². The molecule has 0 unspecified atom stereocenters. The Kier molecular flexibility index (Phi) is 5.51. The normalized spacial score (nSPS) is 11.3. The van der Waals surface area contributed by atoms with Gasteiger partial charge in [0.2, 0.25) is 0 Å². The molecule has 6 heteroatoms. The minimum atomic E-state index is -0.954. The molecule has 0 aliphatic heterocycles. The Labute approximate surface area is 111 Å². The highest BCUT2D eigenvalue weighted by Crippen LogP contribution is 2.17. The van der Waals surface area contributed by atoms with Gasteiger partial charge in [-0.2, -0.15) is 0 Å². The maximum atomic E-state index is 10.7. The van der Waals surface area contributed by atoms with Crippen LogP contribution in [-0.2, 0) is 6.54 Å². The summed E-state index contributed by atoms with van der Waals surface area (Å²) in [5.41, 5.74) is 7.35. The molecule has 0 aliphatic rings. The van der Waals surface area contributed by atoms with E-state index in [1.807, 2.05) is 31.2 Å². The summed E-state index contributed by atoms with van der Waals surface area (Å²) in [5.74, 6) is 0.872. The van der Waals surface area contributed by atoms with E-state index in [2.05, 4.69) is 4.99 Å². The van der Waals surface area contributed by atoms with Crippen molar-refractivity contribution in [3.8, 4) is 0 Å². The van der Waals surface area contributed by atoms with Crippen molar-refractivity contribution in [2.75, 3.05) is 12.8 Å². The first-order valence-corrected chi connectivity index (χ1v) is 6.51. The van der Waals surface area contributed by atoms with Gasteiger partial charge in [0, 0.05) is 13.6 Å². The quantitative estimate of drug-likeness (QED) is 0.649. The standard InChI is InChI=1S/C12H17N3O2S/c1-3-18-11(13)14-10-6-4-5-9(7-10)8-15(2)12(16)17/h4-7H,3,8H2,1-2H3,(H2,13,14)(H,16,17). The third-order valence-electron chi connectivity index (χ3n) is 2.19. The maximum absolute atomic E-state index is 10.7. The SMILES string of the molecule is CCSC(N)=Nc1cccc(CN(C)C(=O)O)c1. The molecule has 18 heavy (non-hydrogen) atoms. The number of amidine groups is 1. The zero-order valence-electron chi connectivity index (χ0n) is 10.5. The number of thioether (sulfide) groups is 1. The van der Waals surface area contributed by atoms with Crippen LogP contribution in [0.2, 0.25) is 0 Å². The van der Waals surface area contributed by atoms with Crippen molar-refractivity contribution < 1.29 is 9.90 Å². The van der Waals surface area contributed by atoms with E-state index >= 15 is 0 Å². The van der Waals surface area contributed by atoms with Gasteiger partial charge >= 0.3 is 6.09 Å². The minimum absolute atomic E-state index is 0.333. The molecule has 0 fully saturated rings. The molecular weight excluding hydrogens is 250 g/mol. The van der Waals surface area contributed by atoms with Gasteiger partial charge in [-0.1, -0.05) is 30.8 Å². The maximum Gasteiger partial charge on any atom is 0.407 e. The summed E-state index contributed by atoms with van der Waals surface area (Å²) in [6.07, 6.45) is -0.954. The number of amides is 1. The van der Waals surface area contributed by atoms with Gasteiger partial charge in [-0.15, -0.1) is 0 Å². The molecule has 0 radical (unpaired) electrons. The van der Waals surface area contributed by atoms with Crippen LogP contribution in [0, 0.1) is 0 Å². The molecule has 0 saturated heterocycles. The van der Waals surface area contributed by atoms with Crippen LogP contribution in [0.3, 0.4) is 0 Å². The van der Waals surface area contributed by atoms with E-state index in [0.29, 0.717) is 11.7 Å². The molecule has 0 atom stereocenters. The lowest BCUT2D eigenvalue weighted by Gasteiger charge is -2.12. The van der Waals surface area contributed by atoms with Gasteiger partial charge in [0.05, 0.1) is 5.69 Å². The van der Waals surface area contributed by atoms with Crippen molar-refractivity contribution in [2.24, 2.45) is 10.7 Å². The van der Waals surface area contributed by atoms with Gasteiger partial charge in [-0.05, 0) is 23.4 Å². The molecule has 0 bridgehead atoms. The van der Waals surface area contributed by atoms with Crippen molar-refractivity contribution in [3.63, 3.8) is 0 Å². The number of hydrogen-bond donors (Lipinski definition) is 2. The zero-order valence-corrected chi connectivity index (χ0v) is 11.3. The lowest BCUT2D eigenvalue weighted by Crippen LogP contribution is -2.23. The van der Waals surface area contributed by atoms with Crippen molar-refractivity contribution in [3.05, 3.63) is 29.8 Å². The van der Waals surface area contributed by atoms with Crippen LogP contribution in [0.4, 0.5) is 10.5 Å². The second kappa shape index (κ2) is 6.90. The van der Waals surface area contributed by atoms with E-state index in [0.717, 1.165) is 17.0 Å². The summed E-state index contributed by atoms with van der Waals surface area (Å²) in [5, 5.41) is 9.32. The molecule has 0 aliphatic carbocycles. The zero-order chi connectivity index (χ0) is 13.5. The van der Waals surface area contributed by atoms with E-state index in [9.17, 15) is 4.79 Å². The number of rotatable bonds is 4. The first-order valence-electron chi connectivity index (χ1n) is 5.53. The van der Waals surface area contributed by atoms with Crippen LogP contribution in [0.15, 0.2) is 29.3 Å². The number of aliphatic imine (C=N–C) groups is 1.